The minimum absolute atomic E-state index is 0. The lowest BCUT2D eigenvalue weighted by Gasteiger charge is -2.36. The summed E-state index contributed by atoms with van der Waals surface area (Å²) in [5.74, 6) is 0.348. The van der Waals surface area contributed by atoms with E-state index in [0.717, 1.165) is 37.3 Å². The van der Waals surface area contributed by atoms with Crippen LogP contribution in [0.15, 0.2) is 42.5 Å². The van der Waals surface area contributed by atoms with Crippen molar-refractivity contribution in [2.24, 2.45) is 0 Å². The van der Waals surface area contributed by atoms with Crippen LogP contribution in [0, 0.1) is 0 Å². The van der Waals surface area contributed by atoms with Gasteiger partial charge in [0.15, 0.2) is 0 Å². The molecule has 2 N–H and O–H groups in total. The number of nitrogens with one attached hydrogen (secondary N) is 1. The molecule has 1 aliphatic rings. The Labute approximate surface area is 179 Å². The van der Waals surface area contributed by atoms with Gasteiger partial charge in [0.05, 0.1) is 13.2 Å². The lowest BCUT2D eigenvalue weighted by molar-refractivity contribution is -0.274. The van der Waals surface area contributed by atoms with Gasteiger partial charge >= 0.3 is 6.36 Å². The maximum atomic E-state index is 12.4. The second kappa shape index (κ2) is 10.8. The summed E-state index contributed by atoms with van der Waals surface area (Å²) in [4.78, 5) is 2.23. The van der Waals surface area contributed by atoms with Crippen LogP contribution in [0.25, 0.3) is 0 Å². The van der Waals surface area contributed by atoms with E-state index in [9.17, 15) is 18.3 Å². The molecule has 1 aliphatic heterocycles. The van der Waals surface area contributed by atoms with Crippen LogP contribution in [0.1, 0.15) is 17.2 Å². The van der Waals surface area contributed by atoms with Gasteiger partial charge in [0.2, 0.25) is 0 Å². The van der Waals surface area contributed by atoms with Crippen molar-refractivity contribution in [2.45, 2.75) is 12.4 Å². The molecule has 1 heterocycles. The van der Waals surface area contributed by atoms with E-state index in [1.807, 2.05) is 0 Å². The lowest BCUT2D eigenvalue weighted by Crippen LogP contribution is -2.45. The summed E-state index contributed by atoms with van der Waals surface area (Å²) in [6.07, 6.45) is -4.72. The van der Waals surface area contributed by atoms with Gasteiger partial charge < -0.3 is 19.9 Å². The predicted molar refractivity (Wildman–Crippen MR) is 109 cm³/mol. The van der Waals surface area contributed by atoms with Crippen LogP contribution in [0.5, 0.6) is 17.2 Å². The molecule has 2 aromatic rings. The molecular formula is C19H23Cl2F3N2O3. The van der Waals surface area contributed by atoms with E-state index < -0.39 is 6.36 Å². The zero-order chi connectivity index (χ0) is 19.4. The first kappa shape index (κ1) is 25.2. The molecule has 0 aliphatic carbocycles. The monoisotopic (exact) mass is 454 g/mol. The largest absolute Gasteiger partial charge is 0.573 e. The number of alkyl halides is 3. The van der Waals surface area contributed by atoms with Crippen LogP contribution >= 0.6 is 24.8 Å². The summed E-state index contributed by atoms with van der Waals surface area (Å²) in [6, 6.07) is 10.5. The van der Waals surface area contributed by atoms with Crippen molar-refractivity contribution in [3.05, 3.63) is 53.6 Å². The van der Waals surface area contributed by atoms with Gasteiger partial charge in [0.25, 0.3) is 0 Å². The van der Waals surface area contributed by atoms with Crippen LogP contribution in [0.2, 0.25) is 0 Å². The van der Waals surface area contributed by atoms with Gasteiger partial charge in [-0.15, -0.1) is 38.0 Å². The van der Waals surface area contributed by atoms with Gasteiger partial charge in [-0.3, -0.25) is 4.90 Å². The van der Waals surface area contributed by atoms with Crippen molar-refractivity contribution in [1.29, 1.82) is 0 Å². The zero-order valence-electron chi connectivity index (χ0n) is 15.6. The van der Waals surface area contributed by atoms with Crippen molar-refractivity contribution in [1.82, 2.24) is 10.2 Å². The Hall–Kier alpha value is -1.87. The van der Waals surface area contributed by atoms with Gasteiger partial charge in [0, 0.05) is 37.8 Å². The smallest absolute Gasteiger partial charge is 0.508 e. The predicted octanol–water partition coefficient (Wildman–Crippen LogP) is 4.14. The van der Waals surface area contributed by atoms with Gasteiger partial charge in [-0.25, -0.2) is 0 Å². The summed E-state index contributed by atoms with van der Waals surface area (Å²) in [6.45, 7) is 3.17. The first-order chi connectivity index (χ1) is 12.9. The number of phenols is 1. The molecule has 0 amide bonds. The van der Waals surface area contributed by atoms with Gasteiger partial charge in [0.1, 0.15) is 17.2 Å². The normalized spacial score (nSPS) is 15.6. The third-order valence-electron chi connectivity index (χ3n) is 4.46. The lowest BCUT2D eigenvalue weighted by atomic mass is 9.95. The zero-order valence-corrected chi connectivity index (χ0v) is 17.2. The topological polar surface area (TPSA) is 54.0 Å². The van der Waals surface area contributed by atoms with Crippen LogP contribution < -0.4 is 14.8 Å². The highest BCUT2D eigenvalue weighted by atomic mass is 35.5. The molecule has 0 radical (unpaired) electrons. The summed E-state index contributed by atoms with van der Waals surface area (Å²) >= 11 is 0. The van der Waals surface area contributed by atoms with Crippen LogP contribution in [0.3, 0.4) is 0 Å². The number of hydrogen-bond acceptors (Lipinski definition) is 5. The average Bonchev–Trinajstić information content (AvgIpc) is 2.64. The number of methoxy groups -OCH3 is 1. The molecule has 0 spiro atoms. The minimum atomic E-state index is -4.72. The Morgan fingerprint density at radius 2 is 1.66 bits per heavy atom. The van der Waals surface area contributed by atoms with Gasteiger partial charge in [-0.1, -0.05) is 12.1 Å². The van der Waals surface area contributed by atoms with Crippen molar-refractivity contribution in [2.75, 3.05) is 33.3 Å². The molecule has 0 unspecified atom stereocenters. The molecule has 162 valence electrons. The summed E-state index contributed by atoms with van der Waals surface area (Å²) in [7, 11) is 1.52. The van der Waals surface area contributed by atoms with Crippen molar-refractivity contribution in [3.8, 4) is 17.2 Å². The first-order valence-electron chi connectivity index (χ1n) is 8.55. The molecule has 0 aromatic heterocycles. The van der Waals surface area contributed by atoms with Crippen LogP contribution in [0.4, 0.5) is 13.2 Å². The Morgan fingerprint density at radius 3 is 2.21 bits per heavy atom. The first-order valence-corrected chi connectivity index (χ1v) is 8.55. The number of hydrogen-bond donors (Lipinski definition) is 2. The van der Waals surface area contributed by atoms with Crippen LogP contribution in [-0.2, 0) is 0 Å². The Bertz CT molecular complexity index is 770. The number of piperazine rings is 1. The fourth-order valence-electron chi connectivity index (χ4n) is 3.30. The number of ether oxygens (including phenoxy) is 2. The average molecular weight is 455 g/mol. The molecule has 1 fully saturated rings. The van der Waals surface area contributed by atoms with Crippen molar-refractivity contribution in [3.63, 3.8) is 0 Å². The molecular weight excluding hydrogens is 432 g/mol. The third-order valence-corrected chi connectivity index (χ3v) is 4.46. The Morgan fingerprint density at radius 1 is 1.03 bits per heavy atom. The molecule has 3 rings (SSSR count). The number of benzene rings is 2. The summed E-state index contributed by atoms with van der Waals surface area (Å²) in [5.41, 5.74) is 1.65. The van der Waals surface area contributed by atoms with E-state index in [1.165, 1.54) is 25.3 Å². The number of phenolic OH excluding ortho intramolecular Hbond substituents is 1. The third kappa shape index (κ3) is 6.57. The van der Waals surface area contributed by atoms with E-state index in [4.69, 9.17) is 4.74 Å². The van der Waals surface area contributed by atoms with E-state index in [1.54, 1.807) is 24.3 Å². The Balaban J connectivity index is 0.00000210. The summed E-state index contributed by atoms with van der Waals surface area (Å²) < 4.78 is 46.6. The molecule has 1 atom stereocenters. The van der Waals surface area contributed by atoms with Gasteiger partial charge in [-0.2, -0.15) is 0 Å². The molecule has 5 nitrogen and oxygen atoms in total. The maximum Gasteiger partial charge on any atom is 0.573 e. The SMILES string of the molecule is COc1cc(O)ccc1[C@@H](c1ccc(OC(F)(F)F)cc1)N1CCNCC1.Cl.Cl. The van der Waals surface area contributed by atoms with Crippen molar-refractivity contribution < 1.29 is 27.8 Å². The molecule has 29 heavy (non-hydrogen) atoms. The standard InChI is InChI=1S/C19H21F3N2O3.2ClH/c1-26-17-12-14(25)4-7-16(17)18(24-10-8-23-9-11-24)13-2-5-15(6-3-13)27-19(20,21)22;;/h2-7,12,18,23,25H,8-11H2,1H3;2*1H/t18-;;/m1../s1. The summed E-state index contributed by atoms with van der Waals surface area (Å²) in [5, 5.41) is 13.0. The number of rotatable bonds is 5. The van der Waals surface area contributed by atoms with E-state index >= 15 is 0 Å². The number of aromatic hydroxyl groups is 1. The highest BCUT2D eigenvalue weighted by Gasteiger charge is 2.31. The second-order valence-electron chi connectivity index (χ2n) is 6.23. The second-order valence-corrected chi connectivity index (χ2v) is 6.23. The van der Waals surface area contributed by atoms with Gasteiger partial charge in [-0.05, 0) is 29.8 Å². The molecule has 10 heteroatoms. The maximum absolute atomic E-state index is 12.4. The number of halogens is 5. The Kier molecular flexibility index (Phi) is 9.35. The van der Waals surface area contributed by atoms with E-state index in [0.29, 0.717) is 5.75 Å². The number of nitrogens with zero attached hydrogens (tertiary/aromatic N) is 1. The van der Waals surface area contributed by atoms with Crippen molar-refractivity contribution >= 4 is 24.8 Å². The fraction of sp³-hybridized carbons (Fsp3) is 0.368. The molecule has 0 bridgehead atoms. The quantitative estimate of drug-likeness (QED) is 0.710. The fourth-order valence-corrected chi connectivity index (χ4v) is 3.30. The van der Waals surface area contributed by atoms with Crippen LogP contribution in [-0.4, -0.2) is 49.7 Å². The highest BCUT2D eigenvalue weighted by Crippen LogP contribution is 2.37. The molecule has 2 aromatic carbocycles. The minimum Gasteiger partial charge on any atom is -0.508 e. The highest BCUT2D eigenvalue weighted by molar-refractivity contribution is 5.85. The van der Waals surface area contributed by atoms with E-state index in [-0.39, 0.29) is 42.4 Å². The molecule has 1 saturated heterocycles. The molecule has 0 saturated carbocycles. The van der Waals surface area contributed by atoms with E-state index in [2.05, 4.69) is 15.0 Å².